The molecule has 0 aliphatic carbocycles. The Labute approximate surface area is 117 Å². The Balaban J connectivity index is 1.77. The summed E-state index contributed by atoms with van der Waals surface area (Å²) in [5.74, 6) is 0. The minimum Gasteiger partial charge on any atom is -0.368 e. The van der Waals surface area contributed by atoms with Crippen LogP contribution in [0.3, 0.4) is 0 Å². The first-order valence-electron chi connectivity index (χ1n) is 6.70. The molecular weight excluding hydrogens is 290 g/mol. The van der Waals surface area contributed by atoms with E-state index in [1.165, 1.54) is 28.8 Å². The molecule has 1 N–H and O–H groups in total. The maximum Gasteiger partial charge on any atom is 0.0511 e. The van der Waals surface area contributed by atoms with E-state index < -0.39 is 0 Å². The molecule has 0 spiro atoms. The van der Waals surface area contributed by atoms with Crippen LogP contribution in [0.25, 0.3) is 0 Å². The molecule has 2 aliphatic rings. The van der Waals surface area contributed by atoms with Gasteiger partial charge in [0.1, 0.15) is 0 Å². The maximum atomic E-state index is 3.70. The third kappa shape index (κ3) is 2.42. The molecule has 1 aromatic rings. The van der Waals surface area contributed by atoms with Crippen molar-refractivity contribution < 1.29 is 0 Å². The van der Waals surface area contributed by atoms with E-state index >= 15 is 0 Å². The standard InChI is InChI=1S/C14H20BrN3/c1-11-2-3-14(13(15)8-11)18-7-6-17-5-4-16-9-12(17)10-18/h2-3,8,12,16H,4-7,9-10H2,1H3. The summed E-state index contributed by atoms with van der Waals surface area (Å²) in [4.78, 5) is 5.13. The third-order valence-electron chi connectivity index (χ3n) is 4.00. The fraction of sp³-hybridized carbons (Fsp3) is 0.571. The zero-order chi connectivity index (χ0) is 12.5. The summed E-state index contributed by atoms with van der Waals surface area (Å²) in [5, 5.41) is 3.50. The zero-order valence-corrected chi connectivity index (χ0v) is 12.4. The SMILES string of the molecule is Cc1ccc(N2CCN3CCNCC3C2)c(Br)c1. The molecule has 18 heavy (non-hydrogen) atoms. The lowest BCUT2D eigenvalue weighted by molar-refractivity contribution is 0.146. The Morgan fingerprint density at radius 2 is 2.17 bits per heavy atom. The molecule has 1 atom stereocenters. The fourth-order valence-electron chi connectivity index (χ4n) is 2.96. The molecule has 3 nitrogen and oxygen atoms in total. The summed E-state index contributed by atoms with van der Waals surface area (Å²) >= 11 is 3.70. The van der Waals surface area contributed by atoms with Gasteiger partial charge in [0.25, 0.3) is 0 Å². The van der Waals surface area contributed by atoms with Gasteiger partial charge in [-0.3, -0.25) is 4.90 Å². The summed E-state index contributed by atoms with van der Waals surface area (Å²) in [6, 6.07) is 7.32. The van der Waals surface area contributed by atoms with Crippen LogP contribution in [0, 0.1) is 6.92 Å². The van der Waals surface area contributed by atoms with Gasteiger partial charge in [0.15, 0.2) is 0 Å². The van der Waals surface area contributed by atoms with Crippen LogP contribution >= 0.6 is 15.9 Å². The van der Waals surface area contributed by atoms with Crippen molar-refractivity contribution >= 4 is 21.6 Å². The van der Waals surface area contributed by atoms with Crippen molar-refractivity contribution in [3.8, 4) is 0 Å². The summed E-state index contributed by atoms with van der Waals surface area (Å²) in [5.41, 5.74) is 2.65. The van der Waals surface area contributed by atoms with Crippen LogP contribution in [0.2, 0.25) is 0 Å². The second kappa shape index (κ2) is 5.19. The molecule has 2 heterocycles. The number of piperazine rings is 2. The number of anilines is 1. The smallest absolute Gasteiger partial charge is 0.0511 e. The Hall–Kier alpha value is -0.580. The monoisotopic (exact) mass is 309 g/mol. The Morgan fingerprint density at radius 3 is 3.00 bits per heavy atom. The highest BCUT2D eigenvalue weighted by atomic mass is 79.9. The Morgan fingerprint density at radius 1 is 1.28 bits per heavy atom. The molecule has 0 radical (unpaired) electrons. The first-order chi connectivity index (χ1) is 8.74. The zero-order valence-electron chi connectivity index (χ0n) is 10.8. The highest BCUT2D eigenvalue weighted by Crippen LogP contribution is 2.29. The lowest BCUT2D eigenvalue weighted by Crippen LogP contribution is -2.61. The average Bonchev–Trinajstić information content (AvgIpc) is 2.38. The summed E-state index contributed by atoms with van der Waals surface area (Å²) in [7, 11) is 0. The normalized spacial score (nSPS) is 25.0. The van der Waals surface area contributed by atoms with Gasteiger partial charge in [0.2, 0.25) is 0 Å². The van der Waals surface area contributed by atoms with Crippen molar-refractivity contribution in [3.63, 3.8) is 0 Å². The van der Waals surface area contributed by atoms with Gasteiger partial charge in [-0.2, -0.15) is 0 Å². The van der Waals surface area contributed by atoms with E-state index in [4.69, 9.17) is 0 Å². The average molecular weight is 310 g/mol. The largest absolute Gasteiger partial charge is 0.368 e. The van der Waals surface area contributed by atoms with E-state index in [0.717, 1.165) is 26.2 Å². The van der Waals surface area contributed by atoms with Gasteiger partial charge in [0, 0.05) is 49.8 Å². The first kappa shape index (κ1) is 12.5. The Bertz CT molecular complexity index is 435. The highest BCUT2D eigenvalue weighted by molar-refractivity contribution is 9.10. The van der Waals surface area contributed by atoms with Crippen molar-refractivity contribution in [2.24, 2.45) is 0 Å². The predicted octanol–water partition coefficient (Wildman–Crippen LogP) is 1.85. The quantitative estimate of drug-likeness (QED) is 0.854. The van der Waals surface area contributed by atoms with Crippen molar-refractivity contribution in [1.82, 2.24) is 10.2 Å². The molecule has 4 heteroatoms. The molecule has 3 rings (SSSR count). The van der Waals surface area contributed by atoms with Crippen LogP contribution < -0.4 is 10.2 Å². The number of nitrogens with one attached hydrogen (secondary N) is 1. The molecule has 0 aromatic heterocycles. The summed E-state index contributed by atoms with van der Waals surface area (Å²) in [6.45, 7) is 9.06. The summed E-state index contributed by atoms with van der Waals surface area (Å²) in [6.07, 6.45) is 0. The van der Waals surface area contributed by atoms with Gasteiger partial charge in [-0.1, -0.05) is 6.07 Å². The molecule has 2 fully saturated rings. The van der Waals surface area contributed by atoms with Gasteiger partial charge < -0.3 is 10.2 Å². The number of rotatable bonds is 1. The Kier molecular flexibility index (Phi) is 3.59. The molecule has 0 bridgehead atoms. The topological polar surface area (TPSA) is 18.5 Å². The lowest BCUT2D eigenvalue weighted by Gasteiger charge is -2.45. The number of fused-ring (bicyclic) bond motifs is 1. The summed E-state index contributed by atoms with van der Waals surface area (Å²) < 4.78 is 1.22. The van der Waals surface area contributed by atoms with E-state index in [2.05, 4.69) is 56.2 Å². The second-order valence-electron chi connectivity index (χ2n) is 5.29. The van der Waals surface area contributed by atoms with Crippen molar-refractivity contribution in [3.05, 3.63) is 28.2 Å². The number of benzene rings is 1. The van der Waals surface area contributed by atoms with Crippen LogP contribution in [0.1, 0.15) is 5.56 Å². The van der Waals surface area contributed by atoms with Gasteiger partial charge in [0.05, 0.1) is 5.69 Å². The number of hydrogen-bond donors (Lipinski definition) is 1. The van der Waals surface area contributed by atoms with Crippen LogP contribution in [0.15, 0.2) is 22.7 Å². The van der Waals surface area contributed by atoms with Crippen LogP contribution in [0.4, 0.5) is 5.69 Å². The second-order valence-corrected chi connectivity index (χ2v) is 6.15. The fourth-order valence-corrected chi connectivity index (χ4v) is 3.70. The lowest BCUT2D eigenvalue weighted by atomic mass is 10.1. The van der Waals surface area contributed by atoms with Gasteiger partial charge >= 0.3 is 0 Å². The van der Waals surface area contributed by atoms with Crippen molar-refractivity contribution in [2.45, 2.75) is 13.0 Å². The van der Waals surface area contributed by atoms with Gasteiger partial charge in [-0.15, -0.1) is 0 Å². The van der Waals surface area contributed by atoms with E-state index in [-0.39, 0.29) is 0 Å². The van der Waals surface area contributed by atoms with Crippen LogP contribution in [-0.4, -0.2) is 50.2 Å². The van der Waals surface area contributed by atoms with Gasteiger partial charge in [-0.05, 0) is 40.5 Å². The van der Waals surface area contributed by atoms with Crippen LogP contribution in [-0.2, 0) is 0 Å². The predicted molar refractivity (Wildman–Crippen MR) is 79.3 cm³/mol. The molecule has 2 aliphatic heterocycles. The van der Waals surface area contributed by atoms with E-state index in [9.17, 15) is 0 Å². The molecule has 0 amide bonds. The number of halogens is 1. The molecule has 1 unspecified atom stereocenters. The van der Waals surface area contributed by atoms with E-state index in [1.807, 2.05) is 0 Å². The number of aryl methyl sites for hydroxylation is 1. The minimum atomic E-state index is 0.667. The molecule has 0 saturated carbocycles. The first-order valence-corrected chi connectivity index (χ1v) is 7.49. The molecular formula is C14H20BrN3. The highest BCUT2D eigenvalue weighted by Gasteiger charge is 2.29. The van der Waals surface area contributed by atoms with E-state index in [0.29, 0.717) is 6.04 Å². The third-order valence-corrected chi connectivity index (χ3v) is 4.64. The molecule has 1 aromatic carbocycles. The van der Waals surface area contributed by atoms with Gasteiger partial charge in [-0.25, -0.2) is 0 Å². The molecule has 2 saturated heterocycles. The molecule has 98 valence electrons. The minimum absolute atomic E-state index is 0.667. The maximum absolute atomic E-state index is 3.70. The number of hydrogen-bond acceptors (Lipinski definition) is 3. The van der Waals surface area contributed by atoms with Crippen molar-refractivity contribution in [2.75, 3.05) is 44.2 Å². The van der Waals surface area contributed by atoms with Crippen LogP contribution in [0.5, 0.6) is 0 Å². The van der Waals surface area contributed by atoms with E-state index in [1.54, 1.807) is 0 Å². The van der Waals surface area contributed by atoms with Crippen molar-refractivity contribution in [1.29, 1.82) is 0 Å². The number of nitrogens with zero attached hydrogens (tertiary/aromatic N) is 2.